The maximum absolute atomic E-state index is 12.7. The van der Waals surface area contributed by atoms with Crippen molar-refractivity contribution in [3.05, 3.63) is 23.8 Å². The molecule has 226 valence electrons. The molecule has 0 radical (unpaired) electrons. The van der Waals surface area contributed by atoms with Gasteiger partial charge in [0.05, 0.1) is 19.4 Å². The second-order valence-corrected chi connectivity index (χ2v) is 13.0. The molecular weight excluding hydrogens is 518 g/mol. The van der Waals surface area contributed by atoms with Crippen molar-refractivity contribution in [3.8, 4) is 11.5 Å². The second-order valence-electron chi connectivity index (χ2n) is 13.0. The van der Waals surface area contributed by atoms with E-state index in [2.05, 4.69) is 0 Å². The van der Waals surface area contributed by atoms with E-state index < -0.39 is 42.1 Å². The predicted octanol–water partition coefficient (Wildman–Crippen LogP) is 5.84. The third-order valence-electron chi connectivity index (χ3n) is 5.71. The summed E-state index contributed by atoms with van der Waals surface area (Å²) in [5.41, 5.74) is 5.77. The Morgan fingerprint density at radius 3 is 1.88 bits per heavy atom. The van der Waals surface area contributed by atoms with Crippen LogP contribution in [-0.4, -0.2) is 47.9 Å². The van der Waals surface area contributed by atoms with Gasteiger partial charge in [-0.2, -0.15) is 0 Å². The summed E-state index contributed by atoms with van der Waals surface area (Å²) in [7, 11) is 0. The zero-order valence-corrected chi connectivity index (χ0v) is 25.4. The molecule has 0 aliphatic carbocycles. The van der Waals surface area contributed by atoms with Crippen LogP contribution in [0.25, 0.3) is 0 Å². The fourth-order valence-electron chi connectivity index (χ4n) is 3.75. The fraction of sp³-hybridized carbons (Fsp3) is 0.667. The number of carbonyl (C=O) groups is 4. The number of hydrogen-bond donors (Lipinski definition) is 2. The Balaban J connectivity index is 3.30. The van der Waals surface area contributed by atoms with Gasteiger partial charge in [0, 0.05) is 5.92 Å². The maximum atomic E-state index is 12.7. The SMILES string of the molecule is CC(C)CCOC(=O)OC(C)CC(c1ccc(OC(=O)CC(C)(C)C)c(OC(=O)CC(C)(C)C)c1)[C@H](N)C(=O)O. The largest absolute Gasteiger partial charge is 0.508 e. The standard InChI is InChI=1S/C30H47NO9/c1-18(2)12-13-37-28(36)38-19(3)14-21(26(31)27(34)35)20-10-11-22(39-24(32)16-29(4,5)6)23(15-20)40-25(33)17-30(7,8)9/h10-11,15,18-19,21,26H,12-14,16-17,31H2,1-9H3,(H,34,35)/t19?,21?,26-/m0/s1. The normalized spacial score (nSPS) is 14.2. The van der Waals surface area contributed by atoms with Gasteiger partial charge >= 0.3 is 24.1 Å². The van der Waals surface area contributed by atoms with Crippen LogP contribution in [0.2, 0.25) is 0 Å². The molecule has 0 fully saturated rings. The Kier molecular flexibility index (Phi) is 13.1. The first kappa shape index (κ1) is 34.9. The first-order chi connectivity index (χ1) is 18.3. The lowest BCUT2D eigenvalue weighted by Crippen LogP contribution is -2.38. The molecule has 0 amide bonds. The van der Waals surface area contributed by atoms with E-state index in [-0.39, 0.29) is 48.2 Å². The number of rotatable bonds is 13. The average molecular weight is 566 g/mol. The molecule has 1 rings (SSSR count). The third kappa shape index (κ3) is 13.8. The van der Waals surface area contributed by atoms with E-state index in [1.54, 1.807) is 13.0 Å². The Morgan fingerprint density at radius 2 is 1.40 bits per heavy atom. The molecule has 0 saturated heterocycles. The zero-order valence-electron chi connectivity index (χ0n) is 25.4. The van der Waals surface area contributed by atoms with Gasteiger partial charge in [0.1, 0.15) is 12.1 Å². The maximum Gasteiger partial charge on any atom is 0.508 e. The number of ether oxygens (including phenoxy) is 4. The Hall–Kier alpha value is -3.14. The van der Waals surface area contributed by atoms with Gasteiger partial charge in [-0.25, -0.2) is 4.79 Å². The molecule has 2 unspecified atom stereocenters. The van der Waals surface area contributed by atoms with E-state index in [1.165, 1.54) is 12.1 Å². The number of carboxylic acid groups (broad SMARTS) is 1. The van der Waals surface area contributed by atoms with Gasteiger partial charge in [-0.15, -0.1) is 0 Å². The van der Waals surface area contributed by atoms with E-state index in [9.17, 15) is 24.3 Å². The van der Waals surface area contributed by atoms with Crippen molar-refractivity contribution in [3.63, 3.8) is 0 Å². The van der Waals surface area contributed by atoms with Gasteiger partial charge in [-0.3, -0.25) is 14.4 Å². The van der Waals surface area contributed by atoms with Crippen LogP contribution < -0.4 is 15.2 Å². The molecule has 1 aromatic carbocycles. The van der Waals surface area contributed by atoms with Crippen LogP contribution in [0.1, 0.15) is 99.5 Å². The summed E-state index contributed by atoms with van der Waals surface area (Å²) < 4.78 is 21.6. The van der Waals surface area contributed by atoms with E-state index in [1.807, 2.05) is 55.4 Å². The summed E-state index contributed by atoms with van der Waals surface area (Å²) >= 11 is 0. The summed E-state index contributed by atoms with van der Waals surface area (Å²) in [6.45, 7) is 17.1. The van der Waals surface area contributed by atoms with Crippen LogP contribution in [0, 0.1) is 16.7 Å². The first-order valence-electron chi connectivity index (χ1n) is 13.6. The quantitative estimate of drug-likeness (QED) is 0.220. The molecule has 40 heavy (non-hydrogen) atoms. The first-order valence-corrected chi connectivity index (χ1v) is 13.6. The molecule has 0 saturated carbocycles. The van der Waals surface area contributed by atoms with Crippen LogP contribution in [0.5, 0.6) is 11.5 Å². The third-order valence-corrected chi connectivity index (χ3v) is 5.71. The minimum Gasteiger partial charge on any atom is -0.480 e. The smallest absolute Gasteiger partial charge is 0.480 e. The molecule has 0 aliphatic heterocycles. The summed E-state index contributed by atoms with van der Waals surface area (Å²) in [5.74, 6) is -2.80. The summed E-state index contributed by atoms with van der Waals surface area (Å²) in [4.78, 5) is 49.2. The summed E-state index contributed by atoms with van der Waals surface area (Å²) in [6.07, 6.45) is -0.649. The second kappa shape index (κ2) is 15.0. The monoisotopic (exact) mass is 565 g/mol. The highest BCUT2D eigenvalue weighted by molar-refractivity contribution is 5.77. The number of aliphatic carboxylic acids is 1. The zero-order chi connectivity index (χ0) is 30.8. The number of esters is 2. The number of carbonyl (C=O) groups excluding carboxylic acids is 3. The molecule has 3 N–H and O–H groups in total. The van der Waals surface area contributed by atoms with Crippen LogP contribution >= 0.6 is 0 Å². The van der Waals surface area contributed by atoms with E-state index in [4.69, 9.17) is 24.7 Å². The fourth-order valence-corrected chi connectivity index (χ4v) is 3.75. The summed E-state index contributed by atoms with van der Waals surface area (Å²) in [5, 5.41) is 9.69. The van der Waals surface area contributed by atoms with Crippen molar-refractivity contribution >= 4 is 24.1 Å². The lowest BCUT2D eigenvalue weighted by Gasteiger charge is -2.25. The van der Waals surface area contributed by atoms with Gasteiger partial charge in [0.2, 0.25) is 0 Å². The highest BCUT2D eigenvalue weighted by Crippen LogP contribution is 2.36. The van der Waals surface area contributed by atoms with Crippen molar-refractivity contribution in [2.75, 3.05) is 6.61 Å². The van der Waals surface area contributed by atoms with Crippen LogP contribution in [-0.2, 0) is 23.9 Å². The number of nitrogens with two attached hydrogens (primary N) is 1. The van der Waals surface area contributed by atoms with E-state index in [0.29, 0.717) is 17.9 Å². The Bertz CT molecular complexity index is 1020. The van der Waals surface area contributed by atoms with Crippen LogP contribution in [0.15, 0.2) is 18.2 Å². The van der Waals surface area contributed by atoms with Gasteiger partial charge in [0.15, 0.2) is 11.5 Å². The molecule has 0 spiro atoms. The van der Waals surface area contributed by atoms with Crippen molar-refractivity contribution in [1.29, 1.82) is 0 Å². The Morgan fingerprint density at radius 1 is 0.875 bits per heavy atom. The number of benzene rings is 1. The minimum atomic E-state index is -1.37. The van der Waals surface area contributed by atoms with E-state index >= 15 is 0 Å². The van der Waals surface area contributed by atoms with Crippen LogP contribution in [0.4, 0.5) is 4.79 Å². The molecule has 10 heteroatoms. The number of carboxylic acids is 1. The van der Waals surface area contributed by atoms with Gasteiger partial charge < -0.3 is 29.8 Å². The molecule has 3 atom stereocenters. The predicted molar refractivity (Wildman–Crippen MR) is 150 cm³/mol. The van der Waals surface area contributed by atoms with Gasteiger partial charge in [-0.05, 0) is 54.2 Å². The van der Waals surface area contributed by atoms with Gasteiger partial charge in [0.25, 0.3) is 0 Å². The molecular formula is C30H47NO9. The van der Waals surface area contributed by atoms with E-state index in [0.717, 1.165) is 0 Å². The molecule has 0 bridgehead atoms. The molecule has 0 aromatic heterocycles. The highest BCUT2D eigenvalue weighted by Gasteiger charge is 2.31. The van der Waals surface area contributed by atoms with Crippen molar-refractivity contribution in [2.45, 2.75) is 106 Å². The lowest BCUT2D eigenvalue weighted by atomic mass is 9.87. The number of hydrogen-bond acceptors (Lipinski definition) is 9. The topological polar surface area (TPSA) is 151 Å². The minimum absolute atomic E-state index is 0.0286. The molecule has 0 heterocycles. The van der Waals surface area contributed by atoms with Crippen molar-refractivity contribution < 1.29 is 43.2 Å². The van der Waals surface area contributed by atoms with Gasteiger partial charge in [-0.1, -0.05) is 61.5 Å². The van der Waals surface area contributed by atoms with Crippen molar-refractivity contribution in [2.24, 2.45) is 22.5 Å². The lowest BCUT2D eigenvalue weighted by molar-refractivity contribution is -0.139. The Labute approximate surface area is 237 Å². The average Bonchev–Trinajstić information content (AvgIpc) is 2.75. The molecule has 0 aliphatic rings. The van der Waals surface area contributed by atoms with Crippen LogP contribution in [0.3, 0.4) is 0 Å². The summed E-state index contributed by atoms with van der Waals surface area (Å²) in [6, 6.07) is 3.09. The molecule has 1 aromatic rings. The molecule has 10 nitrogen and oxygen atoms in total. The highest BCUT2D eigenvalue weighted by atomic mass is 16.7. The van der Waals surface area contributed by atoms with Crippen molar-refractivity contribution in [1.82, 2.24) is 0 Å².